The number of phenols is 1. The summed E-state index contributed by atoms with van der Waals surface area (Å²) < 4.78 is 51.3. The van der Waals surface area contributed by atoms with Crippen LogP contribution in [0.15, 0.2) is 46.8 Å². The number of hydrogen-bond acceptors (Lipinski definition) is 10. The van der Waals surface area contributed by atoms with Crippen molar-refractivity contribution in [3.8, 4) is 5.75 Å². The first-order valence-electron chi connectivity index (χ1n) is 12.6. The molecule has 1 heterocycles. The van der Waals surface area contributed by atoms with Crippen molar-refractivity contribution in [1.82, 2.24) is 5.32 Å². The fourth-order valence-electron chi connectivity index (χ4n) is 4.38. The molecule has 1 saturated heterocycles. The number of anilines is 2. The molecule has 14 heteroatoms. The summed E-state index contributed by atoms with van der Waals surface area (Å²) in [6.07, 6.45) is 1.79. The lowest BCUT2D eigenvalue weighted by atomic mass is 10.0. The number of nitrogens with one attached hydrogen (secondary N) is 1. The molecule has 0 unspecified atom stereocenters. The van der Waals surface area contributed by atoms with E-state index >= 15 is 0 Å². The SMILES string of the molecule is C.CCCCS(=O)(=O)N(CC(=O)O)c1ccc(N2CCC(NC[C@H](O)c3ccc(O)c(N=S(=O)=O)c3)CC2)cc1. The Morgan fingerprint density at radius 1 is 1.18 bits per heavy atom. The fraction of sp³-hybridized carbons (Fsp3) is 0.500. The Bertz CT molecular complexity index is 1370. The summed E-state index contributed by atoms with van der Waals surface area (Å²) in [4.78, 5) is 13.5. The number of phenolic OH excluding ortho intramolecular Hbond substituents is 1. The maximum atomic E-state index is 12.7. The molecule has 0 saturated carbocycles. The monoisotopic (exact) mass is 598 g/mol. The van der Waals surface area contributed by atoms with E-state index < -0.39 is 39.1 Å². The van der Waals surface area contributed by atoms with Crippen molar-refractivity contribution in [1.29, 1.82) is 0 Å². The van der Waals surface area contributed by atoms with Gasteiger partial charge in [-0.3, -0.25) is 9.10 Å². The standard InChI is InChI=1S/C25H34N4O8S2.CH4/c1-2-3-14-39(36,37)29(17-25(32)33)21-7-5-20(6-8-21)28-12-10-19(11-13-28)26-16-24(31)18-4-9-23(30)22(15-18)27-38(34)35;/h4-9,15,19,24,26,30-31H,2-3,10-14,16-17H2,1H3,(H,32,33);1H4/t24-;/m0./s1. The summed E-state index contributed by atoms with van der Waals surface area (Å²) in [5.74, 6) is -1.63. The number of carboxylic acids is 1. The van der Waals surface area contributed by atoms with E-state index in [1.165, 1.54) is 18.2 Å². The molecule has 3 rings (SSSR count). The zero-order valence-electron chi connectivity index (χ0n) is 21.6. The number of nitrogens with zero attached hydrogens (tertiary/aromatic N) is 3. The molecule has 0 bridgehead atoms. The van der Waals surface area contributed by atoms with Crippen LogP contribution in [0.4, 0.5) is 17.1 Å². The molecule has 1 atom stereocenters. The van der Waals surface area contributed by atoms with Crippen molar-refractivity contribution in [2.45, 2.75) is 52.2 Å². The van der Waals surface area contributed by atoms with Crippen molar-refractivity contribution in [3.63, 3.8) is 0 Å². The average molecular weight is 599 g/mol. The van der Waals surface area contributed by atoms with Gasteiger partial charge in [0, 0.05) is 31.4 Å². The van der Waals surface area contributed by atoms with Crippen molar-refractivity contribution >= 4 is 43.6 Å². The van der Waals surface area contributed by atoms with Crippen LogP contribution in [-0.2, 0) is 25.3 Å². The molecule has 0 aliphatic carbocycles. The second-order valence-electron chi connectivity index (χ2n) is 9.33. The number of aromatic hydroxyl groups is 1. The molecule has 1 aliphatic heterocycles. The van der Waals surface area contributed by atoms with Gasteiger partial charge in [0.2, 0.25) is 10.0 Å². The van der Waals surface area contributed by atoms with Gasteiger partial charge in [-0.2, -0.15) is 8.42 Å². The second kappa shape index (κ2) is 15.0. The molecule has 0 aromatic heterocycles. The summed E-state index contributed by atoms with van der Waals surface area (Å²) in [5, 5.41) is 32.8. The van der Waals surface area contributed by atoms with Crippen LogP contribution in [0.25, 0.3) is 0 Å². The van der Waals surface area contributed by atoms with Gasteiger partial charge in [-0.05, 0) is 61.2 Å². The first-order valence-corrected chi connectivity index (χ1v) is 15.3. The van der Waals surface area contributed by atoms with Crippen LogP contribution in [0.1, 0.15) is 51.7 Å². The molecule has 0 spiro atoms. The summed E-state index contributed by atoms with van der Waals surface area (Å²) in [7, 11) is -6.48. The molecule has 1 fully saturated rings. The Kier molecular flexibility index (Phi) is 12.4. The van der Waals surface area contributed by atoms with E-state index in [4.69, 9.17) is 0 Å². The van der Waals surface area contributed by atoms with Crippen LogP contribution in [0.5, 0.6) is 5.75 Å². The molecular formula is C26H38N4O8S2. The molecule has 40 heavy (non-hydrogen) atoms. The summed E-state index contributed by atoms with van der Waals surface area (Å²) in [5.41, 5.74) is 1.50. The number of carboxylic acid groups (broad SMARTS) is 1. The lowest BCUT2D eigenvalue weighted by Crippen LogP contribution is -2.43. The zero-order valence-corrected chi connectivity index (χ0v) is 23.2. The molecule has 12 nitrogen and oxygen atoms in total. The number of carbonyl (C=O) groups is 1. The average Bonchev–Trinajstić information content (AvgIpc) is 2.90. The van der Waals surface area contributed by atoms with Gasteiger partial charge in [0.05, 0.1) is 17.5 Å². The van der Waals surface area contributed by atoms with Gasteiger partial charge in [0.25, 0.3) is 0 Å². The lowest BCUT2D eigenvalue weighted by Gasteiger charge is -2.34. The fourth-order valence-corrected chi connectivity index (χ4v) is 6.31. The van der Waals surface area contributed by atoms with Crippen molar-refractivity contribution in [2.75, 3.05) is 41.1 Å². The van der Waals surface area contributed by atoms with Gasteiger partial charge in [0.1, 0.15) is 18.0 Å². The van der Waals surface area contributed by atoms with Gasteiger partial charge in [-0.15, -0.1) is 4.36 Å². The first kappa shape index (κ1) is 33.0. The third-order valence-corrected chi connectivity index (χ3v) is 8.69. The van der Waals surface area contributed by atoms with Crippen molar-refractivity contribution < 1.29 is 36.9 Å². The van der Waals surface area contributed by atoms with E-state index in [0.29, 0.717) is 24.1 Å². The minimum Gasteiger partial charge on any atom is -0.506 e. The molecule has 0 amide bonds. The first-order chi connectivity index (χ1) is 18.5. The Labute approximate surface area is 237 Å². The highest BCUT2D eigenvalue weighted by atomic mass is 32.2. The van der Waals surface area contributed by atoms with Crippen molar-refractivity contribution in [2.24, 2.45) is 4.36 Å². The molecular weight excluding hydrogens is 560 g/mol. The minimum atomic E-state index is -3.76. The Morgan fingerprint density at radius 2 is 1.82 bits per heavy atom. The van der Waals surface area contributed by atoms with E-state index in [0.717, 1.165) is 35.9 Å². The number of sulfonamides is 1. The van der Waals surface area contributed by atoms with Crippen LogP contribution in [-0.4, -0.2) is 76.1 Å². The van der Waals surface area contributed by atoms with Crippen LogP contribution in [0, 0.1) is 0 Å². The van der Waals surface area contributed by atoms with Gasteiger partial charge in [-0.25, -0.2) is 8.42 Å². The van der Waals surface area contributed by atoms with Crippen LogP contribution >= 0.6 is 0 Å². The molecule has 222 valence electrons. The van der Waals surface area contributed by atoms with E-state index in [2.05, 4.69) is 14.6 Å². The smallest absolute Gasteiger partial charge is 0.324 e. The Balaban J connectivity index is 0.00000560. The highest BCUT2D eigenvalue weighted by molar-refractivity contribution is 7.92. The lowest BCUT2D eigenvalue weighted by molar-refractivity contribution is -0.135. The van der Waals surface area contributed by atoms with E-state index in [1.807, 2.05) is 6.92 Å². The Hall–Kier alpha value is -3.20. The number of hydrogen-bond donors (Lipinski definition) is 4. The third kappa shape index (κ3) is 9.18. The number of aliphatic hydroxyl groups excluding tert-OH is 1. The van der Waals surface area contributed by atoms with Gasteiger partial charge < -0.3 is 25.5 Å². The predicted molar refractivity (Wildman–Crippen MR) is 154 cm³/mol. The second-order valence-corrected chi connectivity index (χ2v) is 12.0. The molecule has 1 aliphatic rings. The molecule has 4 N–H and O–H groups in total. The maximum Gasteiger partial charge on any atom is 0.324 e. The van der Waals surface area contributed by atoms with Crippen LogP contribution in [0.3, 0.4) is 0 Å². The normalized spacial score (nSPS) is 14.7. The number of aliphatic carboxylic acids is 1. The highest BCUT2D eigenvalue weighted by Gasteiger charge is 2.25. The number of benzene rings is 2. The van der Waals surface area contributed by atoms with Gasteiger partial charge in [0.15, 0.2) is 0 Å². The predicted octanol–water partition coefficient (Wildman–Crippen LogP) is 3.04. The third-order valence-electron chi connectivity index (χ3n) is 6.53. The summed E-state index contributed by atoms with van der Waals surface area (Å²) >= 11 is 0. The van der Waals surface area contributed by atoms with Gasteiger partial charge >= 0.3 is 16.5 Å². The number of rotatable bonds is 13. The number of aliphatic hydroxyl groups is 1. The minimum absolute atomic E-state index is 0. The zero-order chi connectivity index (χ0) is 28.6. The summed E-state index contributed by atoms with van der Waals surface area (Å²) in [6.45, 7) is 2.91. The quantitative estimate of drug-likeness (QED) is 0.268. The van der Waals surface area contributed by atoms with E-state index in [-0.39, 0.29) is 37.2 Å². The summed E-state index contributed by atoms with van der Waals surface area (Å²) in [6, 6.07) is 11.1. The maximum absolute atomic E-state index is 12.7. The van der Waals surface area contributed by atoms with Gasteiger partial charge in [-0.1, -0.05) is 26.8 Å². The largest absolute Gasteiger partial charge is 0.506 e. The van der Waals surface area contributed by atoms with Crippen LogP contribution in [0.2, 0.25) is 0 Å². The van der Waals surface area contributed by atoms with Crippen LogP contribution < -0.4 is 14.5 Å². The highest BCUT2D eigenvalue weighted by Crippen LogP contribution is 2.30. The Morgan fingerprint density at radius 3 is 2.40 bits per heavy atom. The molecule has 2 aromatic rings. The number of piperidine rings is 1. The molecule has 0 radical (unpaired) electrons. The topological polar surface area (TPSA) is 177 Å². The van der Waals surface area contributed by atoms with E-state index in [9.17, 15) is 36.9 Å². The molecule has 2 aromatic carbocycles. The van der Waals surface area contributed by atoms with Crippen molar-refractivity contribution in [3.05, 3.63) is 48.0 Å². The number of unbranched alkanes of at least 4 members (excludes halogenated alkanes) is 1. The van der Waals surface area contributed by atoms with E-state index in [1.54, 1.807) is 24.3 Å².